The number of hydrogen-bond donors (Lipinski definition) is 0. The van der Waals surface area contributed by atoms with Crippen molar-refractivity contribution in [1.82, 2.24) is 9.80 Å². The van der Waals surface area contributed by atoms with Gasteiger partial charge in [-0.05, 0) is 67.7 Å². The van der Waals surface area contributed by atoms with Crippen LogP contribution >= 0.6 is 0 Å². The van der Waals surface area contributed by atoms with Crippen LogP contribution in [-0.4, -0.2) is 61.0 Å². The van der Waals surface area contributed by atoms with E-state index in [0.29, 0.717) is 38.6 Å². The van der Waals surface area contributed by atoms with Crippen LogP contribution in [0.3, 0.4) is 0 Å². The van der Waals surface area contributed by atoms with E-state index in [2.05, 4.69) is 13.8 Å². The zero-order valence-corrected chi connectivity index (χ0v) is 17.2. The Morgan fingerprint density at radius 1 is 1.11 bits per heavy atom. The summed E-state index contributed by atoms with van der Waals surface area (Å²) in [4.78, 5) is 29.7. The van der Waals surface area contributed by atoms with Crippen LogP contribution in [0, 0.1) is 25.2 Å². The highest BCUT2D eigenvalue weighted by atomic mass is 16.5. The predicted octanol–water partition coefficient (Wildman–Crippen LogP) is 3.18. The molecule has 0 N–H and O–H groups in total. The third kappa shape index (κ3) is 3.69. The zero-order valence-electron chi connectivity index (χ0n) is 17.2. The van der Waals surface area contributed by atoms with Crippen LogP contribution in [0.4, 0.5) is 0 Å². The van der Waals surface area contributed by atoms with Crippen molar-refractivity contribution >= 4 is 11.8 Å². The third-order valence-corrected chi connectivity index (χ3v) is 7.27. The topological polar surface area (TPSA) is 49.9 Å². The van der Waals surface area contributed by atoms with Crippen LogP contribution < -0.4 is 0 Å². The van der Waals surface area contributed by atoms with E-state index in [1.807, 2.05) is 28.0 Å². The van der Waals surface area contributed by atoms with Gasteiger partial charge < -0.3 is 14.5 Å². The fourth-order valence-corrected chi connectivity index (χ4v) is 5.11. The average molecular weight is 385 g/mol. The Kier molecular flexibility index (Phi) is 5.46. The molecule has 1 unspecified atom stereocenters. The fourth-order valence-electron chi connectivity index (χ4n) is 5.11. The van der Waals surface area contributed by atoms with Crippen LogP contribution in [0.25, 0.3) is 0 Å². The summed E-state index contributed by atoms with van der Waals surface area (Å²) in [7, 11) is 0. The molecule has 1 spiro atoms. The number of hydrogen-bond acceptors (Lipinski definition) is 3. The molecular formula is C23H32N2O3. The molecule has 0 aromatic heterocycles. The Morgan fingerprint density at radius 2 is 1.86 bits per heavy atom. The number of carbonyl (C=O) groups is 2. The van der Waals surface area contributed by atoms with Gasteiger partial charge >= 0.3 is 0 Å². The van der Waals surface area contributed by atoms with Crippen molar-refractivity contribution in [2.45, 2.75) is 46.0 Å². The summed E-state index contributed by atoms with van der Waals surface area (Å²) in [6.07, 6.45) is 5.13. The van der Waals surface area contributed by atoms with Crippen molar-refractivity contribution in [3.63, 3.8) is 0 Å². The Bertz CT molecular complexity index is 750. The standard InChI is InChI=1S/C23H32N2O3/c1-17-4-5-19(14-18(17)2)22(27)25-15-20(23(16-25)8-3-9-23)6-7-21(26)24-10-12-28-13-11-24/h4-5,14,20H,3,6-13,15-16H2,1-2H3. The van der Waals surface area contributed by atoms with Gasteiger partial charge in [0.15, 0.2) is 0 Å². The monoisotopic (exact) mass is 384 g/mol. The Morgan fingerprint density at radius 3 is 2.50 bits per heavy atom. The van der Waals surface area contributed by atoms with Gasteiger partial charge in [0, 0.05) is 38.2 Å². The largest absolute Gasteiger partial charge is 0.378 e. The van der Waals surface area contributed by atoms with Crippen molar-refractivity contribution in [3.8, 4) is 0 Å². The molecule has 28 heavy (non-hydrogen) atoms. The van der Waals surface area contributed by atoms with Crippen LogP contribution in [0.15, 0.2) is 18.2 Å². The van der Waals surface area contributed by atoms with E-state index in [4.69, 9.17) is 4.74 Å². The molecule has 0 bridgehead atoms. The Labute approximate surface area is 168 Å². The maximum Gasteiger partial charge on any atom is 0.253 e. The van der Waals surface area contributed by atoms with Crippen LogP contribution in [0.1, 0.15) is 53.6 Å². The van der Waals surface area contributed by atoms with Crippen LogP contribution in [0.2, 0.25) is 0 Å². The normalized spacial score (nSPS) is 23.7. The SMILES string of the molecule is Cc1ccc(C(=O)N2CC(CCC(=O)N3CCOCC3)C3(CCC3)C2)cc1C. The first kappa shape index (κ1) is 19.4. The van der Waals surface area contributed by atoms with Crippen molar-refractivity contribution in [2.24, 2.45) is 11.3 Å². The molecule has 3 fully saturated rings. The first-order valence-corrected chi connectivity index (χ1v) is 10.7. The molecule has 4 rings (SSSR count). The van der Waals surface area contributed by atoms with Gasteiger partial charge in [-0.2, -0.15) is 0 Å². The van der Waals surface area contributed by atoms with E-state index >= 15 is 0 Å². The summed E-state index contributed by atoms with van der Waals surface area (Å²) in [5.74, 6) is 0.842. The second-order valence-electron chi connectivity index (χ2n) is 8.93. The molecule has 1 aromatic rings. The number of carbonyl (C=O) groups excluding carboxylic acids is 2. The maximum atomic E-state index is 13.1. The molecule has 1 aromatic carbocycles. The summed E-state index contributed by atoms with van der Waals surface area (Å²) in [5.41, 5.74) is 3.42. The lowest BCUT2D eigenvalue weighted by molar-refractivity contribution is -0.135. The lowest BCUT2D eigenvalue weighted by Crippen LogP contribution is -2.42. The number of amides is 2. The molecule has 2 aliphatic heterocycles. The number of ether oxygens (including phenoxy) is 1. The van der Waals surface area contributed by atoms with E-state index in [9.17, 15) is 9.59 Å². The Hall–Kier alpha value is -1.88. The minimum absolute atomic E-state index is 0.149. The summed E-state index contributed by atoms with van der Waals surface area (Å²) in [5, 5.41) is 0. The van der Waals surface area contributed by atoms with Gasteiger partial charge in [0.2, 0.25) is 5.91 Å². The lowest BCUT2D eigenvalue weighted by Gasteiger charge is -2.43. The van der Waals surface area contributed by atoms with Gasteiger partial charge in [-0.15, -0.1) is 0 Å². The van der Waals surface area contributed by atoms with E-state index in [1.165, 1.54) is 24.8 Å². The summed E-state index contributed by atoms with van der Waals surface area (Å²) in [6.45, 7) is 8.51. The zero-order chi connectivity index (χ0) is 19.7. The molecule has 2 heterocycles. The predicted molar refractivity (Wildman–Crippen MR) is 108 cm³/mol. The van der Waals surface area contributed by atoms with Gasteiger partial charge in [-0.1, -0.05) is 12.5 Å². The highest BCUT2D eigenvalue weighted by Gasteiger charge is 2.51. The molecule has 2 amide bonds. The van der Waals surface area contributed by atoms with Crippen molar-refractivity contribution in [1.29, 1.82) is 0 Å². The molecule has 0 radical (unpaired) electrons. The molecule has 1 atom stereocenters. The summed E-state index contributed by atoms with van der Waals surface area (Å²) < 4.78 is 5.35. The smallest absolute Gasteiger partial charge is 0.253 e. The van der Waals surface area contributed by atoms with Gasteiger partial charge in [-0.3, -0.25) is 9.59 Å². The molecule has 2 saturated heterocycles. The van der Waals surface area contributed by atoms with Gasteiger partial charge in [0.25, 0.3) is 5.91 Å². The van der Waals surface area contributed by atoms with Gasteiger partial charge in [0.05, 0.1) is 13.2 Å². The van der Waals surface area contributed by atoms with Crippen molar-refractivity contribution < 1.29 is 14.3 Å². The highest BCUT2D eigenvalue weighted by Crippen LogP contribution is 2.53. The molecule has 5 nitrogen and oxygen atoms in total. The maximum absolute atomic E-state index is 13.1. The number of rotatable bonds is 4. The van der Waals surface area contributed by atoms with Crippen LogP contribution in [-0.2, 0) is 9.53 Å². The first-order chi connectivity index (χ1) is 13.5. The molecule has 1 saturated carbocycles. The van der Waals surface area contributed by atoms with Gasteiger partial charge in [0.1, 0.15) is 0 Å². The van der Waals surface area contributed by atoms with Crippen LogP contribution in [0.5, 0.6) is 0 Å². The van der Waals surface area contributed by atoms with E-state index in [-0.39, 0.29) is 17.2 Å². The van der Waals surface area contributed by atoms with E-state index < -0.39 is 0 Å². The first-order valence-electron chi connectivity index (χ1n) is 10.7. The molecule has 5 heteroatoms. The van der Waals surface area contributed by atoms with Gasteiger partial charge in [-0.25, -0.2) is 0 Å². The number of likely N-dealkylation sites (tertiary alicyclic amines) is 1. The highest BCUT2D eigenvalue weighted by molar-refractivity contribution is 5.94. The quantitative estimate of drug-likeness (QED) is 0.801. The number of benzene rings is 1. The fraction of sp³-hybridized carbons (Fsp3) is 0.652. The van der Waals surface area contributed by atoms with Crippen molar-refractivity contribution in [3.05, 3.63) is 34.9 Å². The number of aryl methyl sites for hydroxylation is 2. The third-order valence-electron chi connectivity index (χ3n) is 7.27. The molecule has 3 aliphatic rings. The number of nitrogens with zero attached hydrogens (tertiary/aromatic N) is 2. The van der Waals surface area contributed by atoms with Crippen molar-refractivity contribution in [2.75, 3.05) is 39.4 Å². The molecular weight excluding hydrogens is 352 g/mol. The Balaban J connectivity index is 1.40. The minimum atomic E-state index is 0.149. The average Bonchev–Trinajstić information content (AvgIpc) is 3.08. The van der Waals surface area contributed by atoms with E-state index in [1.54, 1.807) is 0 Å². The second-order valence-corrected chi connectivity index (χ2v) is 8.93. The lowest BCUT2D eigenvalue weighted by atomic mass is 9.62. The summed E-state index contributed by atoms with van der Waals surface area (Å²) in [6, 6.07) is 6.00. The minimum Gasteiger partial charge on any atom is -0.378 e. The molecule has 152 valence electrons. The number of morpholine rings is 1. The van der Waals surface area contributed by atoms with E-state index in [0.717, 1.165) is 30.6 Å². The second kappa shape index (κ2) is 7.86. The summed E-state index contributed by atoms with van der Waals surface area (Å²) >= 11 is 0. The molecule has 1 aliphatic carbocycles.